The summed E-state index contributed by atoms with van der Waals surface area (Å²) in [6.07, 6.45) is 4.27. The van der Waals surface area contributed by atoms with Crippen LogP contribution in [0.4, 0.5) is 5.69 Å². The van der Waals surface area contributed by atoms with Crippen LogP contribution in [0.2, 0.25) is 0 Å². The summed E-state index contributed by atoms with van der Waals surface area (Å²) < 4.78 is 0. The first-order valence-corrected chi connectivity index (χ1v) is 8.17. The van der Waals surface area contributed by atoms with Crippen molar-refractivity contribution in [1.82, 2.24) is 9.88 Å². The van der Waals surface area contributed by atoms with Gasteiger partial charge in [0.2, 0.25) is 5.91 Å². The second kappa shape index (κ2) is 8.82. The minimum atomic E-state index is -0.193. The molecule has 2 rings (SSSR count). The van der Waals surface area contributed by atoms with E-state index in [1.165, 1.54) is 0 Å². The molecule has 0 saturated carbocycles. The number of benzene rings is 1. The maximum atomic E-state index is 12.7. The van der Waals surface area contributed by atoms with Crippen LogP contribution in [0.25, 0.3) is 0 Å². The van der Waals surface area contributed by atoms with Gasteiger partial charge in [-0.3, -0.25) is 14.6 Å². The molecule has 0 aliphatic heterocycles. The highest BCUT2D eigenvalue weighted by Gasteiger charge is 2.23. The summed E-state index contributed by atoms with van der Waals surface area (Å²) in [5.41, 5.74) is 1.30. The quantitative estimate of drug-likeness (QED) is 0.849. The first-order chi connectivity index (χ1) is 11.6. The van der Waals surface area contributed by atoms with E-state index in [2.05, 4.69) is 10.3 Å². The predicted octanol–water partition coefficient (Wildman–Crippen LogP) is 3.35. The number of hydrogen-bond donors (Lipinski definition) is 1. The van der Waals surface area contributed by atoms with Crippen molar-refractivity contribution >= 4 is 17.5 Å². The van der Waals surface area contributed by atoms with Crippen molar-refractivity contribution in [1.29, 1.82) is 0 Å². The van der Waals surface area contributed by atoms with Crippen molar-refractivity contribution in [2.24, 2.45) is 0 Å². The molecule has 1 aromatic heterocycles. The average Bonchev–Trinajstić information content (AvgIpc) is 2.60. The third-order valence-corrected chi connectivity index (χ3v) is 3.70. The molecule has 0 saturated heterocycles. The number of aromatic nitrogens is 1. The van der Waals surface area contributed by atoms with Gasteiger partial charge in [0.25, 0.3) is 5.91 Å². The number of rotatable bonds is 7. The minimum Gasteiger partial charge on any atom is -0.335 e. The summed E-state index contributed by atoms with van der Waals surface area (Å²) in [4.78, 5) is 30.6. The van der Waals surface area contributed by atoms with Gasteiger partial charge in [0.1, 0.15) is 0 Å². The van der Waals surface area contributed by atoms with Crippen LogP contribution in [0.1, 0.15) is 37.0 Å². The van der Waals surface area contributed by atoms with Crippen LogP contribution in [0.15, 0.2) is 54.9 Å². The summed E-state index contributed by atoms with van der Waals surface area (Å²) in [7, 11) is 0. The van der Waals surface area contributed by atoms with Crippen LogP contribution in [0, 0.1) is 0 Å². The molecule has 0 unspecified atom stereocenters. The molecule has 126 valence electrons. The Morgan fingerprint density at radius 2 is 1.92 bits per heavy atom. The van der Waals surface area contributed by atoms with Gasteiger partial charge in [-0.05, 0) is 37.6 Å². The van der Waals surface area contributed by atoms with E-state index in [4.69, 9.17) is 0 Å². The third kappa shape index (κ3) is 4.91. The van der Waals surface area contributed by atoms with E-state index in [0.29, 0.717) is 12.1 Å². The number of carbonyl (C=O) groups excluding carboxylic acids is 2. The Hall–Kier alpha value is -2.69. The summed E-state index contributed by atoms with van der Waals surface area (Å²) in [6.45, 7) is 4.52. The fourth-order valence-corrected chi connectivity index (χ4v) is 2.53. The lowest BCUT2D eigenvalue weighted by Crippen LogP contribution is -2.41. The Morgan fingerprint density at radius 1 is 1.17 bits per heavy atom. The van der Waals surface area contributed by atoms with E-state index in [-0.39, 0.29) is 24.3 Å². The standard InChI is InChI=1S/C19H23N3O2/c1-3-12-22(19(24)16-8-7-11-20-14-16)15(2)13-18(23)21-17-9-5-4-6-10-17/h4-11,14-15H,3,12-13H2,1-2H3,(H,21,23)/t15-/m1/s1. The number of hydrogen-bond acceptors (Lipinski definition) is 3. The van der Waals surface area contributed by atoms with Gasteiger partial charge in [-0.2, -0.15) is 0 Å². The fourth-order valence-electron chi connectivity index (χ4n) is 2.53. The molecule has 1 N–H and O–H groups in total. The van der Waals surface area contributed by atoms with E-state index < -0.39 is 0 Å². The molecule has 0 radical (unpaired) electrons. The Bertz CT molecular complexity index is 659. The van der Waals surface area contributed by atoms with Gasteiger partial charge in [-0.15, -0.1) is 0 Å². The van der Waals surface area contributed by atoms with Crippen LogP contribution in [0.3, 0.4) is 0 Å². The van der Waals surface area contributed by atoms with E-state index >= 15 is 0 Å². The fraction of sp³-hybridized carbons (Fsp3) is 0.316. The molecular weight excluding hydrogens is 302 g/mol. The summed E-state index contributed by atoms with van der Waals surface area (Å²) in [5, 5.41) is 2.86. The monoisotopic (exact) mass is 325 g/mol. The summed E-state index contributed by atoms with van der Waals surface area (Å²) in [5.74, 6) is -0.196. The summed E-state index contributed by atoms with van der Waals surface area (Å²) >= 11 is 0. The van der Waals surface area contributed by atoms with Crippen molar-refractivity contribution in [3.8, 4) is 0 Å². The average molecular weight is 325 g/mol. The van der Waals surface area contributed by atoms with Gasteiger partial charge < -0.3 is 10.2 Å². The Kier molecular flexibility index (Phi) is 6.49. The highest BCUT2D eigenvalue weighted by molar-refractivity contribution is 5.95. The predicted molar refractivity (Wildman–Crippen MR) is 94.7 cm³/mol. The van der Waals surface area contributed by atoms with Gasteiger partial charge >= 0.3 is 0 Å². The molecule has 1 atom stereocenters. The molecule has 5 nitrogen and oxygen atoms in total. The Balaban J connectivity index is 2.02. The molecule has 1 heterocycles. The minimum absolute atomic E-state index is 0.0926. The first-order valence-electron chi connectivity index (χ1n) is 8.17. The molecular formula is C19H23N3O2. The van der Waals surface area contributed by atoms with Crippen LogP contribution in [-0.2, 0) is 4.79 Å². The largest absolute Gasteiger partial charge is 0.335 e. The van der Waals surface area contributed by atoms with Gasteiger partial charge in [0, 0.05) is 37.1 Å². The number of nitrogens with zero attached hydrogens (tertiary/aromatic N) is 2. The molecule has 0 aliphatic rings. The first kappa shape index (κ1) is 17.7. The lowest BCUT2D eigenvalue weighted by molar-refractivity contribution is -0.117. The SMILES string of the molecule is CCCN(C(=O)c1cccnc1)[C@H](C)CC(=O)Nc1ccccc1. The molecule has 24 heavy (non-hydrogen) atoms. The number of para-hydroxylation sites is 1. The zero-order valence-corrected chi connectivity index (χ0v) is 14.1. The van der Waals surface area contributed by atoms with Crippen LogP contribution < -0.4 is 5.32 Å². The smallest absolute Gasteiger partial charge is 0.255 e. The maximum absolute atomic E-state index is 12.7. The molecule has 1 aromatic carbocycles. The van der Waals surface area contributed by atoms with Gasteiger partial charge in [-0.25, -0.2) is 0 Å². The molecule has 2 aromatic rings. The second-order valence-electron chi connectivity index (χ2n) is 5.71. The van der Waals surface area contributed by atoms with E-state index in [9.17, 15) is 9.59 Å². The molecule has 0 spiro atoms. The highest BCUT2D eigenvalue weighted by atomic mass is 16.2. The normalized spacial score (nSPS) is 11.6. The van der Waals surface area contributed by atoms with Crippen molar-refractivity contribution in [3.63, 3.8) is 0 Å². The number of pyridine rings is 1. The van der Waals surface area contributed by atoms with Gasteiger partial charge in [-0.1, -0.05) is 25.1 Å². The van der Waals surface area contributed by atoms with E-state index in [1.807, 2.05) is 44.2 Å². The van der Waals surface area contributed by atoms with Crippen LogP contribution >= 0.6 is 0 Å². The van der Waals surface area contributed by atoms with Crippen LogP contribution in [0.5, 0.6) is 0 Å². The molecule has 0 aliphatic carbocycles. The van der Waals surface area contributed by atoms with Crippen molar-refractivity contribution in [2.45, 2.75) is 32.7 Å². The summed E-state index contributed by atoms with van der Waals surface area (Å²) in [6, 6.07) is 12.6. The third-order valence-electron chi connectivity index (χ3n) is 3.70. The van der Waals surface area contributed by atoms with E-state index in [1.54, 1.807) is 29.4 Å². The van der Waals surface area contributed by atoms with Crippen LogP contribution in [-0.4, -0.2) is 34.3 Å². The number of anilines is 1. The molecule has 2 amide bonds. The van der Waals surface area contributed by atoms with E-state index in [0.717, 1.165) is 12.1 Å². The lowest BCUT2D eigenvalue weighted by Gasteiger charge is -2.28. The molecule has 5 heteroatoms. The van der Waals surface area contributed by atoms with Crippen molar-refractivity contribution < 1.29 is 9.59 Å². The number of carbonyl (C=O) groups is 2. The topological polar surface area (TPSA) is 62.3 Å². The lowest BCUT2D eigenvalue weighted by atomic mass is 10.1. The van der Waals surface area contributed by atoms with Crippen molar-refractivity contribution in [2.75, 3.05) is 11.9 Å². The maximum Gasteiger partial charge on any atom is 0.255 e. The number of amides is 2. The Labute approximate surface area is 142 Å². The highest BCUT2D eigenvalue weighted by Crippen LogP contribution is 2.13. The second-order valence-corrected chi connectivity index (χ2v) is 5.71. The zero-order chi connectivity index (χ0) is 17.4. The zero-order valence-electron chi connectivity index (χ0n) is 14.1. The Morgan fingerprint density at radius 3 is 2.54 bits per heavy atom. The van der Waals surface area contributed by atoms with Gasteiger partial charge in [0.15, 0.2) is 0 Å². The number of nitrogens with one attached hydrogen (secondary N) is 1. The molecule has 0 fully saturated rings. The van der Waals surface area contributed by atoms with Crippen molar-refractivity contribution in [3.05, 3.63) is 60.4 Å². The van der Waals surface area contributed by atoms with Gasteiger partial charge in [0.05, 0.1) is 5.56 Å². The molecule has 0 bridgehead atoms.